The van der Waals surface area contributed by atoms with E-state index in [2.05, 4.69) is 15.5 Å². The molecule has 1 aromatic carbocycles. The molecule has 0 fully saturated rings. The molecule has 0 atom stereocenters. The van der Waals surface area contributed by atoms with Crippen LogP contribution in [0.25, 0.3) is 10.6 Å². The maximum absolute atomic E-state index is 13.2. The van der Waals surface area contributed by atoms with Crippen LogP contribution in [0.5, 0.6) is 0 Å². The molecule has 0 aliphatic rings. The first-order valence-corrected chi connectivity index (χ1v) is 6.76. The van der Waals surface area contributed by atoms with Gasteiger partial charge in [-0.1, -0.05) is 17.4 Å². The van der Waals surface area contributed by atoms with Gasteiger partial charge in [0.1, 0.15) is 15.8 Å². The quantitative estimate of drug-likeness (QED) is 0.845. The maximum Gasteiger partial charge on any atom is 0.148 e. The van der Waals surface area contributed by atoms with E-state index in [1.54, 1.807) is 17.4 Å². The number of nitrogens with zero attached hydrogens (tertiary/aromatic N) is 2. The zero-order valence-electron chi connectivity index (χ0n) is 10.5. The Kier molecular flexibility index (Phi) is 4.38. The minimum Gasteiger partial charge on any atom is -0.320 e. The second kappa shape index (κ2) is 6.02. The lowest BCUT2D eigenvalue weighted by Crippen LogP contribution is -2.08. The number of benzene rings is 1. The molecule has 0 saturated carbocycles. The molecule has 1 aromatic heterocycles. The molecule has 0 amide bonds. The summed E-state index contributed by atoms with van der Waals surface area (Å²) in [5.74, 6) is -0.234. The average molecular weight is 265 g/mol. The smallest absolute Gasteiger partial charge is 0.148 e. The van der Waals surface area contributed by atoms with Crippen LogP contribution in [-0.2, 0) is 6.42 Å². The van der Waals surface area contributed by atoms with Crippen LogP contribution < -0.4 is 5.32 Å². The second-order valence-electron chi connectivity index (χ2n) is 4.17. The van der Waals surface area contributed by atoms with Crippen molar-refractivity contribution in [2.75, 3.05) is 13.6 Å². The minimum absolute atomic E-state index is 0.234. The van der Waals surface area contributed by atoms with Crippen molar-refractivity contribution < 1.29 is 4.39 Å². The van der Waals surface area contributed by atoms with E-state index in [-0.39, 0.29) is 5.82 Å². The molecule has 96 valence electrons. The van der Waals surface area contributed by atoms with E-state index in [9.17, 15) is 4.39 Å². The van der Waals surface area contributed by atoms with Gasteiger partial charge in [0.15, 0.2) is 0 Å². The van der Waals surface area contributed by atoms with Gasteiger partial charge in [0, 0.05) is 12.0 Å². The molecule has 5 heteroatoms. The van der Waals surface area contributed by atoms with Gasteiger partial charge in [-0.2, -0.15) is 0 Å². The van der Waals surface area contributed by atoms with Crippen LogP contribution in [0.2, 0.25) is 0 Å². The first-order chi connectivity index (χ1) is 8.70. The fraction of sp³-hybridized carbons (Fsp3) is 0.385. The zero-order chi connectivity index (χ0) is 13.0. The predicted molar refractivity (Wildman–Crippen MR) is 72.3 cm³/mol. The summed E-state index contributed by atoms with van der Waals surface area (Å²) >= 11 is 1.54. The Labute approximate surface area is 110 Å². The van der Waals surface area contributed by atoms with Crippen LogP contribution in [0, 0.1) is 12.7 Å². The van der Waals surface area contributed by atoms with E-state index in [1.165, 1.54) is 12.1 Å². The number of hydrogen-bond acceptors (Lipinski definition) is 4. The molecule has 0 aliphatic heterocycles. The fourth-order valence-electron chi connectivity index (χ4n) is 1.70. The van der Waals surface area contributed by atoms with Gasteiger partial charge in [-0.25, -0.2) is 4.39 Å². The summed E-state index contributed by atoms with van der Waals surface area (Å²) in [5, 5.41) is 13.2. The van der Waals surface area contributed by atoms with Gasteiger partial charge in [0.2, 0.25) is 0 Å². The van der Waals surface area contributed by atoms with Gasteiger partial charge >= 0.3 is 0 Å². The average Bonchev–Trinajstić information content (AvgIpc) is 2.81. The molecule has 1 heterocycles. The van der Waals surface area contributed by atoms with E-state index in [0.717, 1.165) is 40.5 Å². The highest BCUT2D eigenvalue weighted by Gasteiger charge is 2.09. The maximum atomic E-state index is 13.2. The Balaban J connectivity index is 2.16. The van der Waals surface area contributed by atoms with Gasteiger partial charge in [0.05, 0.1) is 0 Å². The summed E-state index contributed by atoms with van der Waals surface area (Å²) in [4.78, 5) is 0. The van der Waals surface area contributed by atoms with Gasteiger partial charge in [-0.15, -0.1) is 10.2 Å². The Morgan fingerprint density at radius 2 is 2.17 bits per heavy atom. The molecule has 0 aliphatic carbocycles. The van der Waals surface area contributed by atoms with E-state index >= 15 is 0 Å². The number of aryl methyl sites for hydroxylation is 2. The largest absolute Gasteiger partial charge is 0.320 e. The highest BCUT2D eigenvalue weighted by Crippen LogP contribution is 2.27. The molecule has 0 saturated heterocycles. The lowest BCUT2D eigenvalue weighted by Gasteiger charge is -2.00. The lowest BCUT2D eigenvalue weighted by molar-refractivity contribution is 0.628. The molecule has 3 nitrogen and oxygen atoms in total. The summed E-state index contributed by atoms with van der Waals surface area (Å²) in [6.45, 7) is 2.92. The third-order valence-corrected chi connectivity index (χ3v) is 3.73. The van der Waals surface area contributed by atoms with Gasteiger partial charge in [-0.3, -0.25) is 0 Å². The standard InChI is InChI=1S/C13H16FN3S/c1-9-5-6-10(14)8-11(9)13-17-16-12(18-13)4-3-7-15-2/h5-6,8,15H,3-4,7H2,1-2H3. The van der Waals surface area contributed by atoms with E-state index < -0.39 is 0 Å². The first kappa shape index (κ1) is 13.1. The van der Waals surface area contributed by atoms with Crippen molar-refractivity contribution in [1.82, 2.24) is 15.5 Å². The third-order valence-electron chi connectivity index (χ3n) is 2.71. The monoisotopic (exact) mass is 265 g/mol. The zero-order valence-corrected chi connectivity index (χ0v) is 11.4. The van der Waals surface area contributed by atoms with Gasteiger partial charge in [0.25, 0.3) is 0 Å². The topological polar surface area (TPSA) is 37.8 Å². The van der Waals surface area contributed by atoms with Crippen molar-refractivity contribution in [3.8, 4) is 10.6 Å². The molecular formula is C13H16FN3S. The Morgan fingerprint density at radius 1 is 1.33 bits per heavy atom. The van der Waals surface area contributed by atoms with Crippen LogP contribution in [0.15, 0.2) is 18.2 Å². The lowest BCUT2D eigenvalue weighted by atomic mass is 10.1. The number of aromatic nitrogens is 2. The third kappa shape index (κ3) is 3.11. The number of nitrogens with one attached hydrogen (secondary N) is 1. The molecule has 0 unspecified atom stereocenters. The second-order valence-corrected chi connectivity index (χ2v) is 5.23. The Bertz CT molecular complexity index is 525. The summed E-state index contributed by atoms with van der Waals surface area (Å²) in [6, 6.07) is 4.76. The van der Waals surface area contributed by atoms with E-state index in [4.69, 9.17) is 0 Å². The summed E-state index contributed by atoms with van der Waals surface area (Å²) < 4.78 is 13.2. The molecule has 2 rings (SSSR count). The molecule has 18 heavy (non-hydrogen) atoms. The van der Waals surface area contributed by atoms with E-state index in [0.29, 0.717) is 0 Å². The molecule has 0 bridgehead atoms. The molecule has 0 spiro atoms. The van der Waals surface area contributed by atoms with Crippen molar-refractivity contribution in [3.63, 3.8) is 0 Å². The van der Waals surface area contributed by atoms with Crippen molar-refractivity contribution in [3.05, 3.63) is 34.6 Å². The number of hydrogen-bond donors (Lipinski definition) is 1. The van der Waals surface area contributed by atoms with Crippen molar-refractivity contribution in [1.29, 1.82) is 0 Å². The fourth-order valence-corrected chi connectivity index (χ4v) is 2.67. The number of halogens is 1. The molecular weight excluding hydrogens is 249 g/mol. The van der Waals surface area contributed by atoms with Crippen molar-refractivity contribution >= 4 is 11.3 Å². The highest BCUT2D eigenvalue weighted by molar-refractivity contribution is 7.14. The molecule has 2 aromatic rings. The SMILES string of the molecule is CNCCCc1nnc(-c2cc(F)ccc2C)s1. The molecule has 0 radical (unpaired) electrons. The predicted octanol–water partition coefficient (Wildman–Crippen LogP) is 2.80. The highest BCUT2D eigenvalue weighted by atomic mass is 32.1. The van der Waals surface area contributed by atoms with Crippen LogP contribution in [0.3, 0.4) is 0 Å². The van der Waals surface area contributed by atoms with Crippen LogP contribution in [0.4, 0.5) is 4.39 Å². The van der Waals surface area contributed by atoms with Crippen molar-refractivity contribution in [2.24, 2.45) is 0 Å². The minimum atomic E-state index is -0.234. The van der Waals surface area contributed by atoms with Crippen LogP contribution >= 0.6 is 11.3 Å². The summed E-state index contributed by atoms with van der Waals surface area (Å²) in [6.07, 6.45) is 1.94. The van der Waals surface area contributed by atoms with Crippen molar-refractivity contribution in [2.45, 2.75) is 19.8 Å². The number of rotatable bonds is 5. The van der Waals surface area contributed by atoms with Crippen LogP contribution in [0.1, 0.15) is 17.0 Å². The summed E-state index contributed by atoms with van der Waals surface area (Å²) in [5.41, 5.74) is 1.86. The Hall–Kier alpha value is -1.33. The van der Waals surface area contributed by atoms with Crippen LogP contribution in [-0.4, -0.2) is 23.8 Å². The summed E-state index contributed by atoms with van der Waals surface area (Å²) in [7, 11) is 1.93. The van der Waals surface area contributed by atoms with E-state index in [1.807, 2.05) is 14.0 Å². The van der Waals surface area contributed by atoms with Gasteiger partial charge < -0.3 is 5.32 Å². The molecule has 1 N–H and O–H groups in total. The van der Waals surface area contributed by atoms with Gasteiger partial charge in [-0.05, 0) is 44.6 Å². The Morgan fingerprint density at radius 3 is 2.94 bits per heavy atom. The first-order valence-electron chi connectivity index (χ1n) is 5.94. The normalized spacial score (nSPS) is 10.8.